The first-order valence-electron chi connectivity index (χ1n) is 9.20. The van der Waals surface area contributed by atoms with E-state index in [1.165, 1.54) is 31.2 Å². The van der Waals surface area contributed by atoms with Gasteiger partial charge < -0.3 is 15.2 Å². The van der Waals surface area contributed by atoms with E-state index in [2.05, 4.69) is 54.4 Å². The average molecular weight is 371 g/mol. The van der Waals surface area contributed by atoms with Crippen molar-refractivity contribution in [3.8, 4) is 0 Å². The first kappa shape index (κ1) is 17.2. The van der Waals surface area contributed by atoms with E-state index >= 15 is 0 Å². The Balaban J connectivity index is 1.40. The molecule has 3 aromatic rings. The number of nitrogens with zero attached hydrogens (tertiary/aromatic N) is 4. The lowest BCUT2D eigenvalue weighted by molar-refractivity contribution is 0.529. The van der Waals surface area contributed by atoms with Gasteiger partial charge in [-0.2, -0.15) is 9.97 Å². The third-order valence-corrected chi connectivity index (χ3v) is 5.05. The van der Waals surface area contributed by atoms with Gasteiger partial charge in [0.25, 0.3) is 0 Å². The first-order valence-corrected chi connectivity index (χ1v) is 9.57. The molecule has 2 N–H and O–H groups in total. The molecule has 0 amide bonds. The van der Waals surface area contributed by atoms with Crippen molar-refractivity contribution in [2.45, 2.75) is 38.3 Å². The van der Waals surface area contributed by atoms with Gasteiger partial charge >= 0.3 is 0 Å². The number of benzene rings is 1. The van der Waals surface area contributed by atoms with Crippen LogP contribution in [-0.4, -0.2) is 32.6 Å². The summed E-state index contributed by atoms with van der Waals surface area (Å²) in [4.78, 5) is 13.3. The fraction of sp³-hybridized carbons (Fsp3) is 0.421. The molecular weight excluding hydrogens is 348 g/mol. The summed E-state index contributed by atoms with van der Waals surface area (Å²) in [6.45, 7) is 2.41. The van der Waals surface area contributed by atoms with Crippen molar-refractivity contribution < 1.29 is 0 Å². The van der Waals surface area contributed by atoms with Crippen molar-refractivity contribution >= 4 is 28.6 Å². The zero-order valence-electron chi connectivity index (χ0n) is 14.7. The van der Waals surface area contributed by atoms with Gasteiger partial charge in [0.1, 0.15) is 0 Å². The third-order valence-electron chi connectivity index (χ3n) is 4.88. The van der Waals surface area contributed by atoms with Crippen LogP contribution in [0.2, 0.25) is 5.28 Å². The van der Waals surface area contributed by atoms with Gasteiger partial charge in [0, 0.05) is 25.7 Å². The van der Waals surface area contributed by atoms with E-state index < -0.39 is 0 Å². The van der Waals surface area contributed by atoms with Crippen LogP contribution >= 0.6 is 11.6 Å². The summed E-state index contributed by atoms with van der Waals surface area (Å²) < 4.78 is 2.16. The lowest BCUT2D eigenvalue weighted by atomic mass is 10.2. The molecular formula is C19H23ClN6. The number of nitrogens with one attached hydrogen (secondary N) is 2. The van der Waals surface area contributed by atoms with Crippen molar-refractivity contribution in [3.05, 3.63) is 47.5 Å². The Kier molecular flexibility index (Phi) is 5.32. The number of fused-ring (bicyclic) bond motifs is 1. The molecule has 0 aliphatic heterocycles. The fourth-order valence-corrected chi connectivity index (χ4v) is 3.73. The predicted molar refractivity (Wildman–Crippen MR) is 104 cm³/mol. The number of hydrogen-bond donors (Lipinski definition) is 2. The molecule has 0 radical (unpaired) electrons. The molecule has 0 atom stereocenters. The summed E-state index contributed by atoms with van der Waals surface area (Å²) in [5.74, 6) is 0.707. The summed E-state index contributed by atoms with van der Waals surface area (Å²) in [5.41, 5.74) is 2.90. The second-order valence-corrected chi connectivity index (χ2v) is 7.03. The van der Waals surface area contributed by atoms with Gasteiger partial charge in [-0.25, -0.2) is 4.98 Å². The Bertz CT molecular complexity index is 857. The smallest absolute Gasteiger partial charge is 0.226 e. The lowest BCUT2D eigenvalue weighted by Gasteiger charge is -2.12. The van der Waals surface area contributed by atoms with Crippen LogP contribution in [0.3, 0.4) is 0 Å². The monoisotopic (exact) mass is 370 g/mol. The molecule has 0 saturated heterocycles. The first-order chi connectivity index (χ1) is 12.8. The molecule has 1 aliphatic rings. The normalized spacial score (nSPS) is 15.0. The summed E-state index contributed by atoms with van der Waals surface area (Å²) >= 11 is 6.16. The van der Waals surface area contributed by atoms with Crippen LogP contribution in [0, 0.1) is 0 Å². The maximum absolute atomic E-state index is 6.16. The Hall–Kier alpha value is -2.18. The van der Waals surface area contributed by atoms with Gasteiger partial charge in [-0.1, -0.05) is 43.2 Å². The average Bonchev–Trinajstić information content (AvgIpc) is 3.31. The maximum atomic E-state index is 6.16. The minimum Gasteiger partial charge on any atom is -0.367 e. The van der Waals surface area contributed by atoms with E-state index in [0.29, 0.717) is 11.9 Å². The summed E-state index contributed by atoms with van der Waals surface area (Å²) in [6, 6.07) is 10.8. The van der Waals surface area contributed by atoms with E-state index in [4.69, 9.17) is 11.6 Å². The SMILES string of the molecule is Clc1nc(NCCNCc2ccccc2)c2ncn(C3CCCC3)c2n1. The highest BCUT2D eigenvalue weighted by Crippen LogP contribution is 2.32. The Morgan fingerprint density at radius 2 is 1.88 bits per heavy atom. The van der Waals surface area contributed by atoms with Crippen molar-refractivity contribution in [1.82, 2.24) is 24.8 Å². The highest BCUT2D eigenvalue weighted by molar-refractivity contribution is 6.28. The van der Waals surface area contributed by atoms with Crippen LogP contribution < -0.4 is 10.6 Å². The highest BCUT2D eigenvalue weighted by atomic mass is 35.5. The van der Waals surface area contributed by atoms with Gasteiger partial charge in [-0.05, 0) is 30.0 Å². The highest BCUT2D eigenvalue weighted by Gasteiger charge is 2.21. The van der Waals surface area contributed by atoms with Crippen molar-refractivity contribution in [1.29, 1.82) is 0 Å². The van der Waals surface area contributed by atoms with Crippen LogP contribution in [0.1, 0.15) is 37.3 Å². The Morgan fingerprint density at radius 1 is 1.08 bits per heavy atom. The molecule has 4 rings (SSSR count). The molecule has 2 aromatic heterocycles. The van der Waals surface area contributed by atoms with Crippen LogP contribution in [0.15, 0.2) is 36.7 Å². The molecule has 0 bridgehead atoms. The molecule has 26 heavy (non-hydrogen) atoms. The lowest BCUT2D eigenvalue weighted by Crippen LogP contribution is -2.22. The van der Waals surface area contributed by atoms with E-state index in [1.807, 2.05) is 12.4 Å². The largest absolute Gasteiger partial charge is 0.367 e. The van der Waals surface area contributed by atoms with Crippen LogP contribution in [0.25, 0.3) is 11.2 Å². The molecule has 0 unspecified atom stereocenters. The molecule has 1 aliphatic carbocycles. The standard InChI is InChI=1S/C19H23ClN6/c20-19-24-17(22-11-10-21-12-14-6-2-1-3-7-14)16-18(25-19)26(13-23-16)15-8-4-5-9-15/h1-3,6-7,13,15,21H,4-5,8-12H2,(H,22,24,25). The number of anilines is 1. The minimum atomic E-state index is 0.261. The topological polar surface area (TPSA) is 67.7 Å². The number of imidazole rings is 1. The zero-order valence-corrected chi connectivity index (χ0v) is 15.4. The molecule has 1 fully saturated rings. The van der Waals surface area contributed by atoms with E-state index in [9.17, 15) is 0 Å². The second-order valence-electron chi connectivity index (χ2n) is 6.69. The van der Waals surface area contributed by atoms with Gasteiger partial charge in [-0.15, -0.1) is 0 Å². The Morgan fingerprint density at radius 3 is 2.69 bits per heavy atom. The van der Waals surface area contributed by atoms with Crippen LogP contribution in [-0.2, 0) is 6.54 Å². The number of rotatable bonds is 7. The molecule has 1 aromatic carbocycles. The second kappa shape index (κ2) is 8.01. The molecule has 0 spiro atoms. The molecule has 7 heteroatoms. The van der Waals surface area contributed by atoms with Crippen LogP contribution in [0.5, 0.6) is 0 Å². The number of hydrogen-bond acceptors (Lipinski definition) is 5. The zero-order chi connectivity index (χ0) is 17.8. The Labute approximate surface area is 158 Å². The third kappa shape index (κ3) is 3.81. The fourth-order valence-electron chi connectivity index (χ4n) is 3.56. The summed E-state index contributed by atoms with van der Waals surface area (Å²) in [7, 11) is 0. The molecule has 6 nitrogen and oxygen atoms in total. The predicted octanol–water partition coefficient (Wildman–Crippen LogP) is 3.80. The summed E-state index contributed by atoms with van der Waals surface area (Å²) in [6.07, 6.45) is 6.77. The van der Waals surface area contributed by atoms with Gasteiger partial charge in [0.2, 0.25) is 5.28 Å². The molecule has 2 heterocycles. The van der Waals surface area contributed by atoms with Gasteiger partial charge in [0.15, 0.2) is 17.0 Å². The van der Waals surface area contributed by atoms with Gasteiger partial charge in [-0.3, -0.25) is 0 Å². The number of halogens is 1. The maximum Gasteiger partial charge on any atom is 0.226 e. The summed E-state index contributed by atoms with van der Waals surface area (Å²) in [5, 5.41) is 7.03. The van der Waals surface area contributed by atoms with Gasteiger partial charge in [0.05, 0.1) is 6.33 Å². The van der Waals surface area contributed by atoms with E-state index in [0.717, 1.165) is 30.8 Å². The van der Waals surface area contributed by atoms with Crippen molar-refractivity contribution in [2.75, 3.05) is 18.4 Å². The van der Waals surface area contributed by atoms with E-state index in [1.54, 1.807) is 0 Å². The van der Waals surface area contributed by atoms with Crippen LogP contribution in [0.4, 0.5) is 5.82 Å². The number of aromatic nitrogens is 4. The minimum absolute atomic E-state index is 0.261. The molecule has 136 valence electrons. The van der Waals surface area contributed by atoms with E-state index in [-0.39, 0.29) is 5.28 Å². The molecule has 1 saturated carbocycles. The van der Waals surface area contributed by atoms with Crippen molar-refractivity contribution in [2.24, 2.45) is 0 Å². The quantitative estimate of drug-likeness (QED) is 0.489. The van der Waals surface area contributed by atoms with Crippen molar-refractivity contribution in [3.63, 3.8) is 0 Å².